The molecule has 0 radical (unpaired) electrons. The fraction of sp³-hybridized carbons (Fsp3) is 0.929. The third-order valence-corrected chi connectivity index (χ3v) is 3.91. The summed E-state index contributed by atoms with van der Waals surface area (Å²) in [6.45, 7) is 6.62. The Morgan fingerprint density at radius 3 is 2.95 bits per heavy atom. The molecule has 19 heavy (non-hydrogen) atoms. The Morgan fingerprint density at radius 1 is 1.42 bits per heavy atom. The maximum atomic E-state index is 11.5. The highest BCUT2D eigenvalue weighted by atomic mass is 16.5. The lowest BCUT2D eigenvalue weighted by Gasteiger charge is -2.34. The van der Waals surface area contributed by atoms with Crippen molar-refractivity contribution in [3.05, 3.63) is 0 Å². The first kappa shape index (κ1) is 14.8. The van der Waals surface area contributed by atoms with Crippen molar-refractivity contribution < 1.29 is 14.6 Å². The molecule has 2 atom stereocenters. The highest BCUT2D eigenvalue weighted by Gasteiger charge is 2.25. The number of nitrogens with zero attached hydrogens (tertiary/aromatic N) is 2. The van der Waals surface area contributed by atoms with Gasteiger partial charge in [-0.3, -0.25) is 9.69 Å². The molecule has 2 rings (SSSR count). The third kappa shape index (κ3) is 4.44. The van der Waals surface area contributed by atoms with E-state index >= 15 is 0 Å². The zero-order valence-corrected chi connectivity index (χ0v) is 11.9. The molecule has 0 saturated carbocycles. The number of ether oxygens (including phenoxy) is 1. The fourth-order valence-corrected chi connectivity index (χ4v) is 2.95. The van der Waals surface area contributed by atoms with Crippen molar-refractivity contribution in [2.75, 3.05) is 39.3 Å². The van der Waals surface area contributed by atoms with Gasteiger partial charge in [-0.15, -0.1) is 0 Å². The molecule has 1 amide bonds. The molecule has 0 aromatic rings. The molecule has 1 N–H and O–H groups in total. The third-order valence-electron chi connectivity index (χ3n) is 3.91. The van der Waals surface area contributed by atoms with Crippen LogP contribution in [-0.2, 0) is 9.53 Å². The lowest BCUT2D eigenvalue weighted by Crippen LogP contribution is -2.47. The van der Waals surface area contributed by atoms with Gasteiger partial charge in [0.15, 0.2) is 0 Å². The van der Waals surface area contributed by atoms with Crippen molar-refractivity contribution >= 4 is 5.91 Å². The Morgan fingerprint density at radius 2 is 2.26 bits per heavy atom. The molecule has 2 aliphatic rings. The Labute approximate surface area is 115 Å². The number of aliphatic hydroxyl groups is 1. The minimum absolute atomic E-state index is 0.185. The number of morpholine rings is 1. The maximum Gasteiger partial charge on any atom is 0.222 e. The second-order valence-electron chi connectivity index (χ2n) is 5.64. The van der Waals surface area contributed by atoms with E-state index in [4.69, 9.17) is 4.74 Å². The fourth-order valence-electron chi connectivity index (χ4n) is 2.95. The molecule has 5 heteroatoms. The van der Waals surface area contributed by atoms with Gasteiger partial charge in [0, 0.05) is 39.1 Å². The quantitative estimate of drug-likeness (QED) is 0.762. The number of carbonyl (C=O) groups excluding carboxylic acids is 1. The largest absolute Gasteiger partial charge is 0.390 e. The second-order valence-corrected chi connectivity index (χ2v) is 5.64. The van der Waals surface area contributed by atoms with Gasteiger partial charge >= 0.3 is 0 Å². The number of hydrogen-bond acceptors (Lipinski definition) is 4. The summed E-state index contributed by atoms with van der Waals surface area (Å²) in [6.07, 6.45) is 3.65. The van der Waals surface area contributed by atoms with Crippen molar-refractivity contribution in [1.82, 2.24) is 9.80 Å². The van der Waals surface area contributed by atoms with Gasteiger partial charge in [0.1, 0.15) is 0 Å². The first-order chi connectivity index (χ1) is 9.19. The van der Waals surface area contributed by atoms with Crippen LogP contribution in [0.25, 0.3) is 0 Å². The monoisotopic (exact) mass is 270 g/mol. The minimum atomic E-state index is -0.442. The molecule has 0 aromatic heterocycles. The van der Waals surface area contributed by atoms with Gasteiger partial charge in [-0.2, -0.15) is 0 Å². The average molecular weight is 270 g/mol. The van der Waals surface area contributed by atoms with Crippen molar-refractivity contribution in [3.63, 3.8) is 0 Å². The van der Waals surface area contributed by atoms with Crippen LogP contribution in [0.2, 0.25) is 0 Å². The van der Waals surface area contributed by atoms with E-state index in [9.17, 15) is 9.90 Å². The van der Waals surface area contributed by atoms with Gasteiger partial charge in [-0.05, 0) is 12.8 Å². The molecule has 5 nitrogen and oxygen atoms in total. The average Bonchev–Trinajstić information content (AvgIpc) is 2.76. The molecule has 0 bridgehead atoms. The predicted molar refractivity (Wildman–Crippen MR) is 72.9 cm³/mol. The van der Waals surface area contributed by atoms with Gasteiger partial charge in [0.05, 0.1) is 18.8 Å². The predicted octanol–water partition coefficient (Wildman–Crippen LogP) is 0.471. The highest BCUT2D eigenvalue weighted by Crippen LogP contribution is 2.13. The number of β-amino-alcohol motifs (C(OH)–C–C–N with tert-alkyl or cyclic N) is 1. The van der Waals surface area contributed by atoms with Crippen molar-refractivity contribution in [1.29, 1.82) is 0 Å². The van der Waals surface area contributed by atoms with E-state index in [1.807, 2.05) is 0 Å². The number of likely N-dealkylation sites (tertiary alicyclic amines) is 1. The van der Waals surface area contributed by atoms with Crippen LogP contribution in [0.5, 0.6) is 0 Å². The molecule has 2 fully saturated rings. The lowest BCUT2D eigenvalue weighted by molar-refractivity contribution is -0.129. The maximum absolute atomic E-state index is 11.5. The molecule has 0 aromatic carbocycles. The minimum Gasteiger partial charge on any atom is -0.390 e. The number of aliphatic hydroxyl groups excluding tert-OH is 1. The molecule has 2 unspecified atom stereocenters. The van der Waals surface area contributed by atoms with E-state index < -0.39 is 6.10 Å². The molecule has 2 aliphatic heterocycles. The molecular weight excluding hydrogens is 244 g/mol. The van der Waals surface area contributed by atoms with Crippen LogP contribution in [0.3, 0.4) is 0 Å². The summed E-state index contributed by atoms with van der Waals surface area (Å²) in [6, 6.07) is 0. The van der Waals surface area contributed by atoms with Gasteiger partial charge < -0.3 is 14.7 Å². The van der Waals surface area contributed by atoms with E-state index in [2.05, 4.69) is 11.8 Å². The van der Waals surface area contributed by atoms with Crippen LogP contribution in [0.4, 0.5) is 0 Å². The van der Waals surface area contributed by atoms with Crippen LogP contribution < -0.4 is 0 Å². The summed E-state index contributed by atoms with van der Waals surface area (Å²) in [7, 11) is 0. The Kier molecular flexibility index (Phi) is 5.60. The molecule has 0 spiro atoms. The summed E-state index contributed by atoms with van der Waals surface area (Å²) in [5.74, 6) is 0.185. The summed E-state index contributed by atoms with van der Waals surface area (Å²) in [4.78, 5) is 15.6. The SMILES string of the molecule is CCCC1CN(CC(O)CN2CCCC2=O)CCO1. The standard InChI is InChI=1S/C14H26N2O3/c1-2-4-13-11-15(7-8-19-13)9-12(17)10-16-6-3-5-14(16)18/h12-13,17H,2-11H2,1H3. The van der Waals surface area contributed by atoms with Crippen molar-refractivity contribution in [3.8, 4) is 0 Å². The van der Waals surface area contributed by atoms with E-state index in [0.717, 1.165) is 45.5 Å². The number of rotatable bonds is 6. The van der Waals surface area contributed by atoms with Crippen molar-refractivity contribution in [2.45, 2.75) is 44.8 Å². The Balaban J connectivity index is 1.72. The van der Waals surface area contributed by atoms with Crippen LogP contribution >= 0.6 is 0 Å². The Hall–Kier alpha value is -0.650. The van der Waals surface area contributed by atoms with Crippen LogP contribution in [0.1, 0.15) is 32.6 Å². The van der Waals surface area contributed by atoms with Crippen molar-refractivity contribution in [2.24, 2.45) is 0 Å². The van der Waals surface area contributed by atoms with Gasteiger partial charge in [0.2, 0.25) is 5.91 Å². The van der Waals surface area contributed by atoms with E-state index in [1.165, 1.54) is 0 Å². The van der Waals surface area contributed by atoms with E-state index in [-0.39, 0.29) is 5.91 Å². The van der Waals surface area contributed by atoms with Crippen LogP contribution in [-0.4, -0.2) is 72.4 Å². The number of carbonyl (C=O) groups is 1. The molecule has 2 saturated heterocycles. The Bertz CT molecular complexity index is 296. The zero-order chi connectivity index (χ0) is 13.7. The van der Waals surface area contributed by atoms with Gasteiger partial charge in [-0.25, -0.2) is 0 Å². The topological polar surface area (TPSA) is 53.0 Å². The number of hydrogen-bond donors (Lipinski definition) is 1. The molecule has 110 valence electrons. The van der Waals surface area contributed by atoms with Crippen LogP contribution in [0, 0.1) is 0 Å². The second kappa shape index (κ2) is 7.22. The molecule has 2 heterocycles. The van der Waals surface area contributed by atoms with Gasteiger partial charge in [0.25, 0.3) is 0 Å². The van der Waals surface area contributed by atoms with Crippen LogP contribution in [0.15, 0.2) is 0 Å². The smallest absolute Gasteiger partial charge is 0.222 e. The first-order valence-corrected chi connectivity index (χ1v) is 7.49. The summed E-state index contributed by atoms with van der Waals surface area (Å²) >= 11 is 0. The molecular formula is C14H26N2O3. The highest BCUT2D eigenvalue weighted by molar-refractivity contribution is 5.78. The molecule has 0 aliphatic carbocycles. The zero-order valence-electron chi connectivity index (χ0n) is 11.9. The normalized spacial score (nSPS) is 26.9. The summed E-state index contributed by atoms with van der Waals surface area (Å²) < 4.78 is 5.69. The number of amides is 1. The van der Waals surface area contributed by atoms with E-state index in [1.54, 1.807) is 4.90 Å². The van der Waals surface area contributed by atoms with Gasteiger partial charge in [-0.1, -0.05) is 13.3 Å². The first-order valence-electron chi connectivity index (χ1n) is 7.49. The summed E-state index contributed by atoms with van der Waals surface area (Å²) in [5.41, 5.74) is 0. The lowest BCUT2D eigenvalue weighted by atomic mass is 10.1. The summed E-state index contributed by atoms with van der Waals surface area (Å²) in [5, 5.41) is 10.1. The van der Waals surface area contributed by atoms with E-state index in [0.29, 0.717) is 25.6 Å².